The molecule has 1 unspecified atom stereocenters. The van der Waals surface area contributed by atoms with Gasteiger partial charge in [0, 0.05) is 14.7 Å². The normalized spacial score (nSPS) is 12.8. The van der Waals surface area contributed by atoms with E-state index in [0.717, 1.165) is 20.6 Å². The number of fused-ring (bicyclic) bond motifs is 1. The molecule has 0 fully saturated rings. The van der Waals surface area contributed by atoms with Crippen LogP contribution in [0.3, 0.4) is 0 Å². The summed E-state index contributed by atoms with van der Waals surface area (Å²) in [7, 11) is 0. The van der Waals surface area contributed by atoms with E-state index in [0.29, 0.717) is 5.56 Å². The summed E-state index contributed by atoms with van der Waals surface area (Å²) in [6.07, 6.45) is 0. The first kappa shape index (κ1) is 14.9. The zero-order chi connectivity index (χ0) is 15.1. The van der Waals surface area contributed by atoms with Gasteiger partial charge in [0.1, 0.15) is 0 Å². The van der Waals surface area contributed by atoms with E-state index in [4.69, 9.17) is 11.6 Å². The molecule has 0 amide bonds. The summed E-state index contributed by atoms with van der Waals surface area (Å²) in [6.45, 7) is 0. The molecule has 0 aliphatic rings. The van der Waals surface area contributed by atoms with Crippen LogP contribution in [-0.2, 0) is 0 Å². The summed E-state index contributed by atoms with van der Waals surface area (Å²) in [5.41, 5.74) is 0.595. The van der Waals surface area contributed by atoms with E-state index in [-0.39, 0.29) is 5.56 Å². The number of hydrogen-bond donors (Lipinski definition) is 0. The zero-order valence-electron chi connectivity index (χ0n) is 10.3. The van der Waals surface area contributed by atoms with Crippen LogP contribution in [0.1, 0.15) is 16.5 Å². The average Bonchev–Trinajstić information content (AvgIpc) is 2.90. The molecule has 0 nitrogen and oxygen atoms in total. The molecule has 3 aromatic rings. The van der Waals surface area contributed by atoms with E-state index in [1.54, 1.807) is 5.38 Å². The van der Waals surface area contributed by atoms with Crippen molar-refractivity contribution in [2.24, 2.45) is 0 Å². The second kappa shape index (κ2) is 5.63. The van der Waals surface area contributed by atoms with Gasteiger partial charge in [-0.15, -0.1) is 22.9 Å². The highest BCUT2D eigenvalue weighted by Gasteiger charge is 2.23. The van der Waals surface area contributed by atoms with E-state index < -0.39 is 22.8 Å². The number of rotatable bonds is 2. The zero-order valence-corrected chi connectivity index (χ0v) is 13.5. The van der Waals surface area contributed by atoms with Crippen molar-refractivity contribution in [3.05, 3.63) is 68.8 Å². The number of hydrogen-bond acceptors (Lipinski definition) is 1. The second-order valence-electron chi connectivity index (χ2n) is 4.43. The summed E-state index contributed by atoms with van der Waals surface area (Å²) in [6, 6.07) is 7.65. The van der Waals surface area contributed by atoms with Crippen molar-refractivity contribution in [2.45, 2.75) is 5.38 Å². The summed E-state index contributed by atoms with van der Waals surface area (Å²) < 4.78 is 42.1. The van der Waals surface area contributed by atoms with Crippen molar-refractivity contribution >= 4 is 49.0 Å². The van der Waals surface area contributed by atoms with Crippen molar-refractivity contribution in [3.63, 3.8) is 0 Å². The van der Waals surface area contributed by atoms with Crippen LogP contribution in [0.4, 0.5) is 13.2 Å². The van der Waals surface area contributed by atoms with Crippen LogP contribution in [0.15, 0.2) is 40.2 Å². The van der Waals surface area contributed by atoms with Gasteiger partial charge in [-0.25, -0.2) is 13.2 Å². The minimum absolute atomic E-state index is 0.0738. The Morgan fingerprint density at radius 2 is 1.76 bits per heavy atom. The highest BCUT2D eigenvalue weighted by molar-refractivity contribution is 9.10. The number of halogens is 5. The summed E-state index contributed by atoms with van der Waals surface area (Å²) in [5.74, 6) is -3.97. The maximum atomic E-state index is 13.9. The molecule has 1 heterocycles. The van der Waals surface area contributed by atoms with E-state index in [1.807, 2.05) is 18.2 Å². The van der Waals surface area contributed by atoms with Crippen molar-refractivity contribution in [1.82, 2.24) is 0 Å². The minimum Gasteiger partial charge on any atom is -0.204 e. The lowest BCUT2D eigenvalue weighted by Gasteiger charge is -2.11. The van der Waals surface area contributed by atoms with E-state index in [9.17, 15) is 13.2 Å². The lowest BCUT2D eigenvalue weighted by Crippen LogP contribution is -2.01. The number of benzene rings is 2. The Labute approximate surface area is 136 Å². The molecule has 0 saturated carbocycles. The molecule has 3 rings (SSSR count). The van der Waals surface area contributed by atoms with Gasteiger partial charge >= 0.3 is 0 Å². The molecule has 0 spiro atoms. The monoisotopic (exact) mass is 390 g/mol. The van der Waals surface area contributed by atoms with E-state index in [2.05, 4.69) is 15.9 Å². The first-order valence-corrected chi connectivity index (χ1v) is 8.04. The molecule has 1 aromatic heterocycles. The molecule has 6 heteroatoms. The van der Waals surface area contributed by atoms with Crippen molar-refractivity contribution in [2.75, 3.05) is 0 Å². The lowest BCUT2D eigenvalue weighted by molar-refractivity contribution is 0.441. The van der Waals surface area contributed by atoms with Gasteiger partial charge in [-0.3, -0.25) is 0 Å². The van der Waals surface area contributed by atoms with Crippen molar-refractivity contribution < 1.29 is 13.2 Å². The molecule has 2 aromatic carbocycles. The van der Waals surface area contributed by atoms with Gasteiger partial charge in [0.05, 0.1) is 5.38 Å². The van der Waals surface area contributed by atoms with Gasteiger partial charge < -0.3 is 0 Å². The Bertz CT molecular complexity index is 831. The van der Waals surface area contributed by atoms with Crippen molar-refractivity contribution in [3.8, 4) is 0 Å². The average molecular weight is 392 g/mol. The minimum atomic E-state index is -1.50. The third-order valence-corrected chi connectivity index (χ3v) is 5.63. The summed E-state index contributed by atoms with van der Waals surface area (Å²) in [5, 5.41) is 1.77. The van der Waals surface area contributed by atoms with Gasteiger partial charge in [0.15, 0.2) is 17.5 Å². The molecule has 0 N–H and O–H groups in total. The summed E-state index contributed by atoms with van der Waals surface area (Å²) >= 11 is 11.2. The van der Waals surface area contributed by atoms with Crippen LogP contribution in [0.5, 0.6) is 0 Å². The molecular formula is C15H7BrClF3S. The Balaban J connectivity index is 2.15. The highest BCUT2D eigenvalue weighted by atomic mass is 79.9. The maximum absolute atomic E-state index is 13.9. The fraction of sp³-hybridized carbons (Fsp3) is 0.0667. The standard InChI is InChI=1S/C15H7BrClF3S/c16-10-3-1-2-7-9(6-21-15(7)10)12(17)8-4-5-11(18)14(20)13(8)19/h1-6,12H. The Morgan fingerprint density at radius 1 is 1.00 bits per heavy atom. The summed E-state index contributed by atoms with van der Waals surface area (Å²) in [4.78, 5) is 0. The van der Waals surface area contributed by atoms with Crippen LogP contribution < -0.4 is 0 Å². The van der Waals surface area contributed by atoms with Gasteiger partial charge in [-0.2, -0.15) is 0 Å². The van der Waals surface area contributed by atoms with Gasteiger partial charge in [-0.1, -0.05) is 18.2 Å². The molecule has 0 aliphatic heterocycles. The fourth-order valence-electron chi connectivity index (χ4n) is 2.14. The van der Waals surface area contributed by atoms with Crippen LogP contribution in [0, 0.1) is 17.5 Å². The van der Waals surface area contributed by atoms with Crippen LogP contribution >= 0.6 is 38.9 Å². The van der Waals surface area contributed by atoms with Gasteiger partial charge in [0.2, 0.25) is 0 Å². The SMILES string of the molecule is Fc1ccc(C(Cl)c2csc3c(Br)cccc23)c(F)c1F. The maximum Gasteiger partial charge on any atom is 0.194 e. The van der Waals surface area contributed by atoms with Crippen LogP contribution in [0.2, 0.25) is 0 Å². The first-order chi connectivity index (χ1) is 10.0. The second-order valence-corrected chi connectivity index (χ2v) is 6.61. The molecule has 21 heavy (non-hydrogen) atoms. The number of thiophene rings is 1. The van der Waals surface area contributed by atoms with E-state index >= 15 is 0 Å². The molecule has 1 atom stereocenters. The first-order valence-electron chi connectivity index (χ1n) is 5.93. The molecular weight excluding hydrogens is 385 g/mol. The quantitative estimate of drug-likeness (QED) is 0.350. The molecule has 108 valence electrons. The Morgan fingerprint density at radius 3 is 2.52 bits per heavy atom. The predicted octanol–water partition coefficient (Wildman–Crippen LogP) is 6.41. The third-order valence-electron chi connectivity index (χ3n) is 3.19. The third kappa shape index (κ3) is 2.47. The fourth-order valence-corrected chi connectivity index (χ4v) is 4.21. The van der Waals surface area contributed by atoms with Crippen molar-refractivity contribution in [1.29, 1.82) is 0 Å². The number of alkyl halides is 1. The Kier molecular flexibility index (Phi) is 3.99. The highest BCUT2D eigenvalue weighted by Crippen LogP contribution is 2.41. The Hall–Kier alpha value is -1.04. The topological polar surface area (TPSA) is 0 Å². The lowest BCUT2D eigenvalue weighted by atomic mass is 10.0. The molecule has 0 saturated heterocycles. The van der Waals surface area contributed by atoms with Crippen LogP contribution in [-0.4, -0.2) is 0 Å². The molecule has 0 aliphatic carbocycles. The van der Waals surface area contributed by atoms with Crippen LogP contribution in [0.25, 0.3) is 10.1 Å². The molecule has 0 radical (unpaired) electrons. The smallest absolute Gasteiger partial charge is 0.194 e. The van der Waals surface area contributed by atoms with E-state index in [1.165, 1.54) is 17.4 Å². The predicted molar refractivity (Wildman–Crippen MR) is 83.5 cm³/mol. The molecule has 0 bridgehead atoms. The van der Waals surface area contributed by atoms with Gasteiger partial charge in [0.25, 0.3) is 0 Å². The largest absolute Gasteiger partial charge is 0.204 e. The van der Waals surface area contributed by atoms with Gasteiger partial charge in [-0.05, 0) is 44.4 Å².